The molecule has 0 bridgehead atoms. The van der Waals surface area contributed by atoms with Crippen LogP contribution in [0.5, 0.6) is 0 Å². The minimum absolute atomic E-state index is 0.365. The summed E-state index contributed by atoms with van der Waals surface area (Å²) in [7, 11) is 0. The predicted molar refractivity (Wildman–Crippen MR) is 33.0 cm³/mol. The van der Waals surface area contributed by atoms with Gasteiger partial charge >= 0.3 is 11.8 Å². The highest BCUT2D eigenvalue weighted by Gasteiger charge is 1.93. The van der Waals surface area contributed by atoms with Gasteiger partial charge in [-0.3, -0.25) is 0 Å². The second kappa shape index (κ2) is 8.57. The topological polar surface area (TPSA) is 104 Å². The van der Waals surface area contributed by atoms with Gasteiger partial charge in [0.2, 0.25) is 0 Å². The van der Waals surface area contributed by atoms with Crippen LogP contribution in [0.1, 0.15) is 0 Å². The molecule has 7 heteroatoms. The van der Waals surface area contributed by atoms with Gasteiger partial charge in [-0.25, -0.2) is 10.1 Å². The Bertz CT molecular complexity index is 81.0. The molecule has 0 amide bonds. The molecule has 0 aliphatic carbocycles. The van der Waals surface area contributed by atoms with Crippen molar-refractivity contribution >= 4 is 11.8 Å². The molecule has 0 saturated heterocycles. The van der Waals surface area contributed by atoms with Gasteiger partial charge in [-0.1, -0.05) is 0 Å². The van der Waals surface area contributed by atoms with E-state index in [9.17, 15) is 0 Å². The van der Waals surface area contributed by atoms with Crippen LogP contribution in [-0.2, 0) is 0 Å². The van der Waals surface area contributed by atoms with Crippen LogP contribution in [0.4, 0.5) is 0 Å². The molecule has 0 aromatic rings. The largest absolute Gasteiger partial charge is 0.394 e. The highest BCUT2D eigenvalue weighted by Crippen LogP contribution is 1.71. The van der Waals surface area contributed by atoms with Crippen LogP contribution in [-0.4, -0.2) is 39.1 Å². The van der Waals surface area contributed by atoms with E-state index < -0.39 is 10.5 Å². The van der Waals surface area contributed by atoms with Gasteiger partial charge in [-0.05, 0) is 0 Å². The van der Waals surface area contributed by atoms with E-state index in [-0.39, 0.29) is 13.2 Å². The number of hydrogen-bond donors (Lipinski definition) is 3. The number of nitrogens with zero attached hydrogens (tertiary/aromatic N) is 1. The maximum absolute atomic E-state index is 8.57. The highest BCUT2D eigenvalue weighted by molar-refractivity contribution is 6.04. The molecule has 0 aliphatic rings. The highest BCUT2D eigenvalue weighted by atomic mass is 35.5. The summed E-state index contributed by atoms with van der Waals surface area (Å²) in [5, 5.41) is 32.6. The molecule has 0 aliphatic heterocycles. The maximum atomic E-state index is 8.57. The Morgan fingerprint density at radius 2 is 1.70 bits per heavy atom. The standard InChI is InChI=1S/C3H8O3.ClNO2/c4-1-3(6)2-5;1-2(3)4/h3-6H,1-2H2;. The van der Waals surface area contributed by atoms with Crippen LogP contribution in [0.2, 0.25) is 0 Å². The van der Waals surface area contributed by atoms with Crippen molar-refractivity contribution in [3.05, 3.63) is 10.1 Å². The lowest BCUT2D eigenvalue weighted by atomic mass is 10.4. The van der Waals surface area contributed by atoms with Crippen LogP contribution >= 0.6 is 11.8 Å². The van der Waals surface area contributed by atoms with Gasteiger partial charge in [0.15, 0.2) is 4.44 Å². The van der Waals surface area contributed by atoms with E-state index in [1.807, 2.05) is 0 Å². The quantitative estimate of drug-likeness (QED) is 0.275. The zero-order valence-corrected chi connectivity index (χ0v) is 5.73. The summed E-state index contributed by atoms with van der Waals surface area (Å²) in [6, 6.07) is 0. The molecule has 0 heterocycles. The molecule has 0 saturated carbocycles. The van der Waals surface area contributed by atoms with Crippen molar-refractivity contribution in [1.29, 1.82) is 0 Å². The van der Waals surface area contributed by atoms with Gasteiger partial charge in [0.05, 0.1) is 13.2 Å². The number of nitro groups is 1. The van der Waals surface area contributed by atoms with Gasteiger partial charge in [0.25, 0.3) is 0 Å². The van der Waals surface area contributed by atoms with Gasteiger partial charge < -0.3 is 15.3 Å². The maximum Gasteiger partial charge on any atom is 0.333 e. The third-order valence-electron chi connectivity index (χ3n) is 0.421. The Balaban J connectivity index is 0. The Labute approximate surface area is 61.9 Å². The molecule has 0 unspecified atom stereocenters. The van der Waals surface area contributed by atoms with Crippen molar-refractivity contribution in [2.24, 2.45) is 0 Å². The monoisotopic (exact) mass is 173 g/mol. The molecule has 0 aromatic carbocycles. The number of aliphatic hydroxyl groups is 3. The fourth-order valence-electron chi connectivity index (χ4n) is 0.0577. The fraction of sp³-hybridized carbons (Fsp3) is 1.00. The summed E-state index contributed by atoms with van der Waals surface area (Å²) in [5.74, 6) is 0. The van der Waals surface area contributed by atoms with Crippen LogP contribution in [0.15, 0.2) is 0 Å². The van der Waals surface area contributed by atoms with Crippen molar-refractivity contribution in [2.45, 2.75) is 6.10 Å². The number of hydrogen-bond acceptors (Lipinski definition) is 5. The lowest BCUT2D eigenvalue weighted by Crippen LogP contribution is -2.15. The predicted octanol–water partition coefficient (Wildman–Crippen LogP) is -1.25. The van der Waals surface area contributed by atoms with Crippen LogP contribution in [0.25, 0.3) is 0 Å². The lowest BCUT2D eigenvalue weighted by Gasteiger charge is -1.96. The van der Waals surface area contributed by atoms with Gasteiger partial charge in [0, 0.05) is 0 Å². The van der Waals surface area contributed by atoms with Crippen LogP contribution in [0, 0.1) is 10.1 Å². The third-order valence-corrected chi connectivity index (χ3v) is 0.421. The summed E-state index contributed by atoms with van der Waals surface area (Å²) < 4.78 is -1.03. The molecule has 6 nitrogen and oxygen atoms in total. The van der Waals surface area contributed by atoms with E-state index in [1.54, 1.807) is 0 Å². The summed E-state index contributed by atoms with van der Waals surface area (Å²) in [6.07, 6.45) is -0.954. The number of halogens is 1. The SMILES string of the molecule is O=[N+]([O-])Cl.OCC(O)CO. The smallest absolute Gasteiger partial charge is 0.333 e. The second-order valence-electron chi connectivity index (χ2n) is 1.23. The van der Waals surface area contributed by atoms with E-state index in [4.69, 9.17) is 25.4 Å². The summed E-state index contributed by atoms with van der Waals surface area (Å²) in [6.45, 7) is -0.729. The summed E-state index contributed by atoms with van der Waals surface area (Å²) >= 11 is 4.00. The molecule has 10 heavy (non-hydrogen) atoms. The van der Waals surface area contributed by atoms with Crippen LogP contribution < -0.4 is 0 Å². The Morgan fingerprint density at radius 3 is 1.70 bits per heavy atom. The molecule has 0 rings (SSSR count). The Kier molecular flexibility index (Phi) is 10.5. The molecule has 62 valence electrons. The lowest BCUT2D eigenvalue weighted by molar-refractivity contribution is -0.310. The zero-order chi connectivity index (χ0) is 8.57. The van der Waals surface area contributed by atoms with E-state index in [0.29, 0.717) is 0 Å². The van der Waals surface area contributed by atoms with E-state index in [2.05, 4.69) is 11.8 Å². The van der Waals surface area contributed by atoms with Crippen molar-refractivity contribution in [2.75, 3.05) is 13.2 Å². The first kappa shape index (κ1) is 12.3. The average Bonchev–Trinajstić information content (AvgIpc) is 1.85. The third kappa shape index (κ3) is 25.6. The molecular weight excluding hydrogens is 165 g/mol. The van der Waals surface area contributed by atoms with Crippen LogP contribution in [0.3, 0.4) is 0 Å². The van der Waals surface area contributed by atoms with Gasteiger partial charge in [0.1, 0.15) is 6.10 Å². The average molecular weight is 174 g/mol. The molecule has 0 aromatic heterocycles. The van der Waals surface area contributed by atoms with E-state index in [1.165, 1.54) is 0 Å². The van der Waals surface area contributed by atoms with Crippen molar-refractivity contribution < 1.29 is 19.8 Å². The second-order valence-corrected chi connectivity index (χ2v) is 1.51. The minimum atomic E-state index is -1.03. The van der Waals surface area contributed by atoms with Crippen molar-refractivity contribution in [3.8, 4) is 0 Å². The molecule has 0 spiro atoms. The Morgan fingerprint density at radius 1 is 1.50 bits per heavy atom. The number of rotatable bonds is 2. The Hall–Kier alpha value is -0.430. The van der Waals surface area contributed by atoms with Crippen molar-refractivity contribution in [1.82, 2.24) is 0 Å². The molecule has 0 atom stereocenters. The molecular formula is C3H8ClNO5. The first-order valence-electron chi connectivity index (χ1n) is 2.24. The zero-order valence-electron chi connectivity index (χ0n) is 4.97. The summed E-state index contributed by atoms with van der Waals surface area (Å²) in [5.41, 5.74) is 0. The van der Waals surface area contributed by atoms with Gasteiger partial charge in [-0.15, -0.1) is 0 Å². The number of aliphatic hydroxyl groups excluding tert-OH is 3. The first-order chi connectivity index (χ1) is 4.54. The summed E-state index contributed by atoms with van der Waals surface area (Å²) in [4.78, 5) is 8.57. The minimum Gasteiger partial charge on any atom is -0.394 e. The fourth-order valence-corrected chi connectivity index (χ4v) is 0.0577. The molecule has 0 radical (unpaired) electrons. The molecule has 3 N–H and O–H groups in total. The van der Waals surface area contributed by atoms with E-state index in [0.717, 1.165) is 0 Å². The van der Waals surface area contributed by atoms with Gasteiger partial charge in [-0.2, -0.15) is 0 Å². The first-order valence-corrected chi connectivity index (χ1v) is 2.58. The van der Waals surface area contributed by atoms with E-state index >= 15 is 0 Å². The molecule has 0 fully saturated rings. The van der Waals surface area contributed by atoms with Crippen molar-refractivity contribution in [3.63, 3.8) is 0 Å². The normalized spacial score (nSPS) is 8.50.